The van der Waals surface area contributed by atoms with Crippen molar-refractivity contribution in [3.63, 3.8) is 0 Å². The van der Waals surface area contributed by atoms with Gasteiger partial charge in [-0.1, -0.05) is 212 Å². The van der Waals surface area contributed by atoms with Crippen LogP contribution in [-0.4, -0.2) is 6.71 Å². The molecule has 0 saturated heterocycles. The van der Waals surface area contributed by atoms with Gasteiger partial charge in [-0.15, -0.1) is 0 Å². The number of hydrogen-bond acceptors (Lipinski definition) is 1. The van der Waals surface area contributed by atoms with Crippen LogP contribution in [0.2, 0.25) is 0 Å². The van der Waals surface area contributed by atoms with E-state index in [0.717, 1.165) is 17.1 Å². The average molecular weight is 728 g/mol. The van der Waals surface area contributed by atoms with Gasteiger partial charge in [-0.3, -0.25) is 0 Å². The van der Waals surface area contributed by atoms with E-state index in [4.69, 9.17) is 0 Å². The maximum absolute atomic E-state index is 2.48. The van der Waals surface area contributed by atoms with Crippen LogP contribution in [0.1, 0.15) is 36.1 Å². The van der Waals surface area contributed by atoms with Crippen molar-refractivity contribution in [2.24, 2.45) is 0 Å². The van der Waals surface area contributed by atoms with Gasteiger partial charge in [0.1, 0.15) is 0 Å². The van der Waals surface area contributed by atoms with Crippen molar-refractivity contribution in [3.05, 3.63) is 229 Å². The van der Waals surface area contributed by atoms with Crippen LogP contribution < -0.4 is 21.3 Å². The summed E-state index contributed by atoms with van der Waals surface area (Å²) in [6.45, 7) is 4.91. The molecular weight excluding hydrogens is 685 g/mol. The van der Waals surface area contributed by atoms with Gasteiger partial charge in [-0.2, -0.15) is 0 Å². The standard InChI is InChI=1S/C55H42BN/c1-55(2)53-35-40(22-21-39-23-30-49(31-24-39)57(48-19-7-4-8-20-48)50-32-27-42-14-10-12-16-44(42)37-50)25-33-51(53)52-34-29-47(38-54(52)55)56(45-17-5-3-6-18-45)46-28-26-41-13-9-11-15-43(41)36-46/h3-38H,1-2H3. The number of rotatable bonds is 8. The quantitative estimate of drug-likeness (QED) is 0.111. The molecule has 10 rings (SSSR count). The lowest BCUT2D eigenvalue weighted by Crippen LogP contribution is -2.52. The summed E-state index contributed by atoms with van der Waals surface area (Å²) < 4.78 is 0. The molecule has 0 amide bonds. The summed E-state index contributed by atoms with van der Waals surface area (Å²) in [5, 5.41) is 5.02. The second-order valence-corrected chi connectivity index (χ2v) is 15.8. The van der Waals surface area contributed by atoms with E-state index >= 15 is 0 Å². The van der Waals surface area contributed by atoms with Crippen LogP contribution >= 0.6 is 0 Å². The van der Waals surface area contributed by atoms with Gasteiger partial charge in [0.2, 0.25) is 6.71 Å². The third-order valence-electron chi connectivity index (χ3n) is 11.9. The van der Waals surface area contributed by atoms with Gasteiger partial charge in [0.25, 0.3) is 0 Å². The first-order chi connectivity index (χ1) is 28.0. The van der Waals surface area contributed by atoms with Gasteiger partial charge >= 0.3 is 0 Å². The molecule has 1 aliphatic rings. The van der Waals surface area contributed by atoms with Crippen molar-refractivity contribution >= 4 is 73.9 Å². The zero-order valence-corrected chi connectivity index (χ0v) is 32.3. The fourth-order valence-electron chi connectivity index (χ4n) is 8.93. The highest BCUT2D eigenvalue weighted by Crippen LogP contribution is 2.48. The monoisotopic (exact) mass is 727 g/mol. The van der Waals surface area contributed by atoms with E-state index in [-0.39, 0.29) is 12.1 Å². The third kappa shape index (κ3) is 6.44. The number of nitrogens with zero attached hydrogens (tertiary/aromatic N) is 1. The molecule has 9 aromatic rings. The lowest BCUT2D eigenvalue weighted by molar-refractivity contribution is 0.660. The van der Waals surface area contributed by atoms with Crippen LogP contribution in [0.3, 0.4) is 0 Å². The van der Waals surface area contributed by atoms with Crippen molar-refractivity contribution in [2.45, 2.75) is 19.3 Å². The molecule has 0 heterocycles. The molecule has 0 spiro atoms. The highest BCUT2D eigenvalue weighted by molar-refractivity contribution is 6.95. The predicted octanol–water partition coefficient (Wildman–Crippen LogP) is 12.5. The van der Waals surface area contributed by atoms with Crippen LogP contribution in [0.25, 0.3) is 44.8 Å². The van der Waals surface area contributed by atoms with Crippen LogP contribution in [0.15, 0.2) is 206 Å². The van der Waals surface area contributed by atoms with Crippen molar-refractivity contribution in [2.75, 3.05) is 4.90 Å². The Hall–Kier alpha value is -6.90. The highest BCUT2D eigenvalue weighted by Gasteiger charge is 2.36. The Morgan fingerprint density at radius 2 is 0.860 bits per heavy atom. The summed E-state index contributed by atoms with van der Waals surface area (Å²) in [4.78, 5) is 2.33. The molecule has 0 unspecified atom stereocenters. The molecule has 0 atom stereocenters. The molecule has 0 N–H and O–H groups in total. The van der Waals surface area contributed by atoms with E-state index < -0.39 is 0 Å². The van der Waals surface area contributed by atoms with Crippen LogP contribution in [0.5, 0.6) is 0 Å². The van der Waals surface area contributed by atoms with Gasteiger partial charge < -0.3 is 4.90 Å². The first-order valence-corrected chi connectivity index (χ1v) is 19.9. The van der Waals surface area contributed by atoms with Gasteiger partial charge in [-0.05, 0) is 91.3 Å². The second kappa shape index (κ2) is 14.3. The minimum Gasteiger partial charge on any atom is -0.310 e. The SMILES string of the molecule is CC1(C)c2cc(C=Cc3ccc(N(c4ccccc4)c4ccc5ccccc5c4)cc3)ccc2-c2ccc(B(c3ccccc3)c3ccc4ccccc4c3)cc21. The molecule has 2 heteroatoms. The number of fused-ring (bicyclic) bond motifs is 5. The van der Waals surface area contributed by atoms with E-state index in [0.29, 0.717) is 0 Å². The predicted molar refractivity (Wildman–Crippen MR) is 247 cm³/mol. The number of anilines is 3. The van der Waals surface area contributed by atoms with E-state index in [9.17, 15) is 0 Å². The molecular formula is C55H42BN. The van der Waals surface area contributed by atoms with Crippen LogP contribution in [0, 0.1) is 0 Å². The number of para-hydroxylation sites is 1. The summed E-state index contributed by atoms with van der Waals surface area (Å²) in [5.41, 5.74) is 15.0. The highest BCUT2D eigenvalue weighted by atomic mass is 15.1. The maximum Gasteiger partial charge on any atom is 0.241 e. The Bertz CT molecular complexity index is 2930. The molecule has 0 aromatic heterocycles. The van der Waals surface area contributed by atoms with Crippen molar-refractivity contribution in [1.82, 2.24) is 0 Å². The molecule has 1 aliphatic carbocycles. The van der Waals surface area contributed by atoms with Crippen molar-refractivity contribution in [1.29, 1.82) is 0 Å². The Morgan fingerprint density at radius 1 is 0.368 bits per heavy atom. The Balaban J connectivity index is 0.942. The van der Waals surface area contributed by atoms with Crippen LogP contribution in [-0.2, 0) is 5.41 Å². The summed E-state index contributed by atoms with van der Waals surface area (Å²) in [5.74, 6) is 0. The molecule has 0 aliphatic heterocycles. The Morgan fingerprint density at radius 3 is 1.58 bits per heavy atom. The zero-order valence-electron chi connectivity index (χ0n) is 32.3. The second-order valence-electron chi connectivity index (χ2n) is 15.8. The van der Waals surface area contributed by atoms with E-state index in [1.54, 1.807) is 0 Å². The molecule has 1 nitrogen and oxygen atoms in total. The molecule has 0 bridgehead atoms. The van der Waals surface area contributed by atoms with Gasteiger partial charge in [0.05, 0.1) is 0 Å². The fraction of sp³-hybridized carbons (Fsp3) is 0.0545. The lowest BCUT2D eigenvalue weighted by Gasteiger charge is -2.26. The molecule has 270 valence electrons. The topological polar surface area (TPSA) is 3.24 Å². The summed E-state index contributed by atoms with van der Waals surface area (Å²) in [7, 11) is 0. The number of hydrogen-bond donors (Lipinski definition) is 0. The molecule has 0 fully saturated rings. The van der Waals surface area contributed by atoms with E-state index in [1.165, 1.54) is 71.3 Å². The van der Waals surface area contributed by atoms with E-state index in [1.807, 2.05) is 0 Å². The Kier molecular flexibility index (Phi) is 8.68. The Labute approximate surface area is 336 Å². The summed E-state index contributed by atoms with van der Waals surface area (Å²) >= 11 is 0. The third-order valence-corrected chi connectivity index (χ3v) is 11.9. The molecule has 57 heavy (non-hydrogen) atoms. The van der Waals surface area contributed by atoms with Gasteiger partial charge in [0.15, 0.2) is 0 Å². The van der Waals surface area contributed by atoms with Crippen molar-refractivity contribution < 1.29 is 0 Å². The first kappa shape index (κ1) is 34.6. The van der Waals surface area contributed by atoms with Gasteiger partial charge in [-0.25, -0.2) is 0 Å². The minimum absolute atomic E-state index is 0.137. The zero-order chi connectivity index (χ0) is 38.3. The molecule has 0 radical (unpaired) electrons. The molecule has 0 saturated carbocycles. The smallest absolute Gasteiger partial charge is 0.241 e. The first-order valence-electron chi connectivity index (χ1n) is 19.9. The maximum atomic E-state index is 2.48. The summed E-state index contributed by atoms with van der Waals surface area (Å²) in [6.07, 6.45) is 4.48. The number of benzene rings is 9. The van der Waals surface area contributed by atoms with Crippen molar-refractivity contribution in [3.8, 4) is 11.1 Å². The lowest BCUT2D eigenvalue weighted by atomic mass is 9.36. The van der Waals surface area contributed by atoms with Crippen LogP contribution in [0.4, 0.5) is 17.1 Å². The van der Waals surface area contributed by atoms with Gasteiger partial charge in [0, 0.05) is 22.5 Å². The molecule has 9 aromatic carbocycles. The minimum atomic E-state index is -0.138. The fourth-order valence-corrected chi connectivity index (χ4v) is 8.93. The summed E-state index contributed by atoms with van der Waals surface area (Å²) in [6, 6.07) is 75.5. The average Bonchev–Trinajstić information content (AvgIpc) is 3.49. The normalized spacial score (nSPS) is 12.8. The largest absolute Gasteiger partial charge is 0.310 e. The van der Waals surface area contributed by atoms with E-state index in [2.05, 4.69) is 237 Å².